The molecule has 6 nitrogen and oxygen atoms in total. The van der Waals surface area contributed by atoms with Gasteiger partial charge in [-0.25, -0.2) is 14.2 Å². The Morgan fingerprint density at radius 3 is 2.79 bits per heavy atom. The van der Waals surface area contributed by atoms with Gasteiger partial charge in [0.05, 0.1) is 6.61 Å². The van der Waals surface area contributed by atoms with Crippen molar-refractivity contribution in [1.29, 1.82) is 0 Å². The van der Waals surface area contributed by atoms with E-state index in [1.165, 1.54) is 6.07 Å². The number of anilines is 1. The van der Waals surface area contributed by atoms with E-state index in [0.29, 0.717) is 41.4 Å². The average molecular weight is 445 g/mol. The lowest BCUT2D eigenvalue weighted by atomic mass is 10.0. The summed E-state index contributed by atoms with van der Waals surface area (Å²) in [5, 5.41) is 2.94. The third kappa shape index (κ3) is 4.26. The number of carbonyl (C=O) groups excluding carboxylic acids is 1. The number of likely N-dealkylation sites (tertiary alicyclic amines) is 1. The molecule has 168 valence electrons. The molecule has 0 spiro atoms. The minimum atomic E-state index is -0.284. The Kier molecular flexibility index (Phi) is 5.69. The fourth-order valence-corrected chi connectivity index (χ4v) is 4.21. The van der Waals surface area contributed by atoms with E-state index in [4.69, 9.17) is 9.15 Å². The highest BCUT2D eigenvalue weighted by molar-refractivity contribution is 5.90. The Bertz CT molecular complexity index is 1290. The maximum atomic E-state index is 14.2. The van der Waals surface area contributed by atoms with Crippen molar-refractivity contribution in [2.45, 2.75) is 25.8 Å². The highest BCUT2D eigenvalue weighted by Gasteiger charge is 2.33. The van der Waals surface area contributed by atoms with Gasteiger partial charge in [0.25, 0.3) is 0 Å². The zero-order valence-electron chi connectivity index (χ0n) is 18.3. The van der Waals surface area contributed by atoms with E-state index >= 15 is 0 Å². The molecule has 1 aliphatic heterocycles. The summed E-state index contributed by atoms with van der Waals surface area (Å²) in [6.45, 7) is 3.14. The van der Waals surface area contributed by atoms with Crippen LogP contribution < -0.4 is 10.1 Å². The fraction of sp³-hybridized carbons (Fsp3) is 0.231. The summed E-state index contributed by atoms with van der Waals surface area (Å²) in [5.74, 6) is 0.972. The number of nitrogens with zero attached hydrogens (tertiary/aromatic N) is 2. The van der Waals surface area contributed by atoms with Gasteiger partial charge in [-0.3, -0.25) is 0 Å². The van der Waals surface area contributed by atoms with Crippen LogP contribution in [0.2, 0.25) is 0 Å². The molecule has 7 heteroatoms. The van der Waals surface area contributed by atoms with Crippen LogP contribution in [0.25, 0.3) is 22.2 Å². The van der Waals surface area contributed by atoms with Gasteiger partial charge in [-0.1, -0.05) is 24.3 Å². The van der Waals surface area contributed by atoms with Crippen LogP contribution in [0.15, 0.2) is 71.1 Å². The molecule has 4 aromatic rings. The monoisotopic (exact) mass is 445 g/mol. The Morgan fingerprint density at radius 1 is 1.18 bits per heavy atom. The maximum absolute atomic E-state index is 14.2. The number of oxazole rings is 1. The predicted octanol–water partition coefficient (Wildman–Crippen LogP) is 6.40. The quantitative estimate of drug-likeness (QED) is 0.386. The first-order valence-electron chi connectivity index (χ1n) is 11.1. The minimum absolute atomic E-state index is 0.198. The zero-order chi connectivity index (χ0) is 22.8. The van der Waals surface area contributed by atoms with Crippen LogP contribution in [0.4, 0.5) is 14.9 Å². The summed E-state index contributed by atoms with van der Waals surface area (Å²) in [5.41, 5.74) is 3.20. The Balaban J connectivity index is 1.36. The first kappa shape index (κ1) is 21.0. The number of hydrogen-bond donors (Lipinski definition) is 1. The molecule has 5 rings (SSSR count). The number of urea groups is 1. The van der Waals surface area contributed by atoms with Crippen molar-refractivity contribution in [3.63, 3.8) is 0 Å². The van der Waals surface area contributed by atoms with Crippen molar-refractivity contribution < 1.29 is 18.3 Å². The summed E-state index contributed by atoms with van der Waals surface area (Å²) >= 11 is 0. The summed E-state index contributed by atoms with van der Waals surface area (Å²) in [6.07, 6.45) is 1.63. The summed E-state index contributed by atoms with van der Waals surface area (Å²) < 4.78 is 25.7. The van der Waals surface area contributed by atoms with Crippen LogP contribution in [0.3, 0.4) is 0 Å². The zero-order valence-corrected chi connectivity index (χ0v) is 18.3. The molecule has 2 amide bonds. The van der Waals surface area contributed by atoms with Gasteiger partial charge in [0.15, 0.2) is 5.58 Å². The van der Waals surface area contributed by atoms with E-state index in [1.807, 2.05) is 43.3 Å². The number of fused-ring (bicyclic) bond motifs is 1. The van der Waals surface area contributed by atoms with Crippen LogP contribution in [0, 0.1) is 5.82 Å². The first-order valence-corrected chi connectivity index (χ1v) is 11.1. The number of aromatic nitrogens is 1. The van der Waals surface area contributed by atoms with E-state index in [0.717, 1.165) is 24.2 Å². The third-order valence-electron chi connectivity index (χ3n) is 5.80. The molecule has 0 aliphatic carbocycles. The molecule has 1 N–H and O–H groups in total. The molecule has 0 radical (unpaired) electrons. The minimum Gasteiger partial charge on any atom is -0.494 e. The second kappa shape index (κ2) is 8.94. The van der Waals surface area contributed by atoms with E-state index < -0.39 is 0 Å². The van der Waals surface area contributed by atoms with Crippen molar-refractivity contribution in [3.05, 3.63) is 78.4 Å². The Labute approximate surface area is 191 Å². The number of benzene rings is 3. The summed E-state index contributed by atoms with van der Waals surface area (Å²) in [6, 6.07) is 18.9. The number of hydrogen-bond acceptors (Lipinski definition) is 4. The number of carbonyl (C=O) groups is 1. The number of amides is 2. The fourth-order valence-electron chi connectivity index (χ4n) is 4.21. The van der Waals surface area contributed by atoms with Crippen molar-refractivity contribution in [1.82, 2.24) is 9.88 Å². The molecule has 2 heterocycles. The van der Waals surface area contributed by atoms with Crippen LogP contribution in [0.5, 0.6) is 5.75 Å². The standard InChI is InChI=1S/C26H24FN3O3/c1-2-32-19-12-10-18(11-13-19)28-26(31)30-15-5-8-23(30)25-29-22-16-17(9-14-24(22)33-25)20-6-3-4-7-21(20)27/h3-4,6-7,9-14,16,23H,2,5,8,15H2,1H3,(H,28,31)/t23-/m0/s1. The third-order valence-corrected chi connectivity index (χ3v) is 5.80. The van der Waals surface area contributed by atoms with Crippen LogP contribution in [0.1, 0.15) is 31.7 Å². The van der Waals surface area contributed by atoms with E-state index in [9.17, 15) is 9.18 Å². The molecule has 0 unspecified atom stereocenters. The molecule has 1 aliphatic rings. The van der Waals surface area contributed by atoms with Crippen LogP contribution in [-0.2, 0) is 0 Å². The molecule has 1 fully saturated rings. The number of rotatable bonds is 5. The van der Waals surface area contributed by atoms with Gasteiger partial charge in [0.1, 0.15) is 23.1 Å². The number of nitrogens with one attached hydrogen (secondary N) is 1. The van der Waals surface area contributed by atoms with Gasteiger partial charge in [-0.15, -0.1) is 0 Å². The van der Waals surface area contributed by atoms with E-state index in [2.05, 4.69) is 10.3 Å². The van der Waals surface area contributed by atoms with Crippen molar-refractivity contribution >= 4 is 22.8 Å². The molecule has 3 aromatic carbocycles. The van der Waals surface area contributed by atoms with Gasteiger partial charge in [-0.05, 0) is 67.8 Å². The number of ether oxygens (including phenoxy) is 1. The van der Waals surface area contributed by atoms with Crippen LogP contribution in [-0.4, -0.2) is 29.1 Å². The summed E-state index contributed by atoms with van der Waals surface area (Å²) in [4.78, 5) is 19.4. The highest BCUT2D eigenvalue weighted by Crippen LogP contribution is 2.35. The predicted molar refractivity (Wildman–Crippen MR) is 125 cm³/mol. The molecular weight excluding hydrogens is 421 g/mol. The van der Waals surface area contributed by atoms with E-state index in [1.54, 1.807) is 29.2 Å². The average Bonchev–Trinajstić information content (AvgIpc) is 3.47. The van der Waals surface area contributed by atoms with Crippen molar-refractivity contribution in [2.24, 2.45) is 0 Å². The second-order valence-electron chi connectivity index (χ2n) is 7.95. The van der Waals surface area contributed by atoms with Crippen molar-refractivity contribution in [2.75, 3.05) is 18.5 Å². The lowest BCUT2D eigenvalue weighted by Gasteiger charge is -2.22. The smallest absolute Gasteiger partial charge is 0.322 e. The second-order valence-corrected chi connectivity index (χ2v) is 7.95. The SMILES string of the molecule is CCOc1ccc(NC(=O)N2CCC[C@H]2c2nc3cc(-c4ccccc4F)ccc3o2)cc1. The van der Waals surface area contributed by atoms with Gasteiger partial charge in [-0.2, -0.15) is 0 Å². The molecule has 1 atom stereocenters. The molecule has 0 saturated carbocycles. The van der Waals surface area contributed by atoms with Gasteiger partial charge in [0.2, 0.25) is 5.89 Å². The number of halogens is 1. The highest BCUT2D eigenvalue weighted by atomic mass is 19.1. The lowest BCUT2D eigenvalue weighted by molar-refractivity contribution is 0.199. The van der Waals surface area contributed by atoms with Gasteiger partial charge < -0.3 is 19.4 Å². The van der Waals surface area contributed by atoms with Crippen molar-refractivity contribution in [3.8, 4) is 16.9 Å². The normalized spacial score (nSPS) is 15.7. The van der Waals surface area contributed by atoms with Gasteiger partial charge in [0, 0.05) is 17.8 Å². The van der Waals surface area contributed by atoms with Gasteiger partial charge >= 0.3 is 6.03 Å². The van der Waals surface area contributed by atoms with Crippen LogP contribution >= 0.6 is 0 Å². The Hall–Kier alpha value is -3.87. The Morgan fingerprint density at radius 2 is 2.00 bits per heavy atom. The first-order chi connectivity index (χ1) is 16.1. The maximum Gasteiger partial charge on any atom is 0.322 e. The molecule has 33 heavy (non-hydrogen) atoms. The molecule has 1 aromatic heterocycles. The topological polar surface area (TPSA) is 67.6 Å². The van der Waals surface area contributed by atoms with E-state index in [-0.39, 0.29) is 17.9 Å². The summed E-state index contributed by atoms with van der Waals surface area (Å²) in [7, 11) is 0. The molecule has 1 saturated heterocycles. The molecule has 0 bridgehead atoms. The molecular formula is C26H24FN3O3. The largest absolute Gasteiger partial charge is 0.494 e. The lowest BCUT2D eigenvalue weighted by Crippen LogP contribution is -2.34.